The van der Waals surface area contributed by atoms with Crippen molar-refractivity contribution < 1.29 is 18.0 Å². The van der Waals surface area contributed by atoms with E-state index >= 15 is 0 Å². The van der Waals surface area contributed by atoms with Gasteiger partial charge in [-0.05, 0) is 38.8 Å². The molecule has 32 heavy (non-hydrogen) atoms. The Labute approximate surface area is 190 Å². The van der Waals surface area contributed by atoms with Crippen LogP contribution in [-0.2, 0) is 16.6 Å². The second-order valence-electron chi connectivity index (χ2n) is 7.42. The van der Waals surface area contributed by atoms with Crippen molar-refractivity contribution in [1.82, 2.24) is 34.4 Å². The molecule has 0 fully saturated rings. The Kier molecular flexibility index (Phi) is 6.84. The highest BCUT2D eigenvalue weighted by atomic mass is 35.5. The minimum absolute atomic E-state index is 0.0567. The Morgan fingerprint density at radius 3 is 2.59 bits per heavy atom. The van der Waals surface area contributed by atoms with Gasteiger partial charge in [-0.3, -0.25) is 14.3 Å². The first-order valence-electron chi connectivity index (χ1n) is 9.92. The zero-order valence-electron chi connectivity index (χ0n) is 18.1. The lowest BCUT2D eigenvalue weighted by molar-refractivity contribution is 0.0952. The largest absolute Gasteiger partial charge is 0.351 e. The first-order valence-corrected chi connectivity index (χ1v) is 11.8. The summed E-state index contributed by atoms with van der Waals surface area (Å²) in [5, 5.41) is 9.75. The van der Waals surface area contributed by atoms with Gasteiger partial charge in [-0.1, -0.05) is 18.5 Å². The lowest BCUT2D eigenvalue weighted by Gasteiger charge is -2.14. The molecule has 2 amide bonds. The standard InChI is InChI=1S/C19H24ClN7O4S/c1-5-6-26-10-15(20)16(24-26)19(29)25-32(30,31)12(3)8-21-18(28)14-7-11(2)17-22-13(4)23-27(17)9-14/h7,9-10,12H,5-6,8H2,1-4H3,(H,21,28)(H,25,29). The number of amides is 2. The number of fused-ring (bicyclic) bond motifs is 1. The summed E-state index contributed by atoms with van der Waals surface area (Å²) in [6.07, 6.45) is 3.76. The number of nitrogens with one attached hydrogen (secondary N) is 2. The van der Waals surface area contributed by atoms with E-state index in [9.17, 15) is 18.0 Å². The summed E-state index contributed by atoms with van der Waals surface area (Å²) in [7, 11) is -4.09. The molecule has 3 rings (SSSR count). The maximum atomic E-state index is 12.6. The van der Waals surface area contributed by atoms with Crippen molar-refractivity contribution in [3.8, 4) is 0 Å². The highest BCUT2D eigenvalue weighted by Gasteiger charge is 2.27. The minimum atomic E-state index is -4.09. The topological polar surface area (TPSA) is 140 Å². The van der Waals surface area contributed by atoms with Crippen molar-refractivity contribution in [3.63, 3.8) is 0 Å². The number of nitrogens with zero attached hydrogens (tertiary/aromatic N) is 5. The summed E-state index contributed by atoms with van der Waals surface area (Å²) in [6, 6.07) is 1.65. The fourth-order valence-corrected chi connectivity index (χ4v) is 4.10. The molecule has 0 aliphatic rings. The molecule has 3 aromatic rings. The van der Waals surface area contributed by atoms with Gasteiger partial charge >= 0.3 is 0 Å². The highest BCUT2D eigenvalue weighted by Crippen LogP contribution is 2.15. The van der Waals surface area contributed by atoms with E-state index in [1.54, 1.807) is 19.9 Å². The van der Waals surface area contributed by atoms with E-state index in [0.717, 1.165) is 12.0 Å². The van der Waals surface area contributed by atoms with Gasteiger partial charge in [0, 0.05) is 25.5 Å². The third-order valence-electron chi connectivity index (χ3n) is 4.69. The average molecular weight is 482 g/mol. The first kappa shape index (κ1) is 23.7. The van der Waals surface area contributed by atoms with Gasteiger partial charge in [0.15, 0.2) is 11.3 Å². The van der Waals surface area contributed by atoms with Crippen molar-refractivity contribution in [2.45, 2.75) is 45.9 Å². The zero-order chi connectivity index (χ0) is 23.6. The van der Waals surface area contributed by atoms with Crippen LogP contribution >= 0.6 is 11.6 Å². The number of hydrogen-bond acceptors (Lipinski definition) is 7. The number of pyridine rings is 1. The van der Waals surface area contributed by atoms with Crippen LogP contribution in [0.3, 0.4) is 0 Å². The summed E-state index contributed by atoms with van der Waals surface area (Å²) in [4.78, 5) is 29.2. The third kappa shape index (κ3) is 5.07. The van der Waals surface area contributed by atoms with Gasteiger partial charge in [0.1, 0.15) is 5.82 Å². The summed E-state index contributed by atoms with van der Waals surface area (Å²) in [5.74, 6) is -0.829. The van der Waals surface area contributed by atoms with Gasteiger partial charge in [-0.15, -0.1) is 0 Å². The molecule has 13 heteroatoms. The molecular weight excluding hydrogens is 458 g/mol. The Morgan fingerprint density at radius 2 is 1.91 bits per heavy atom. The third-order valence-corrected chi connectivity index (χ3v) is 6.66. The number of carbonyl (C=O) groups is 2. The van der Waals surface area contributed by atoms with Gasteiger partial charge in [-0.2, -0.15) is 10.2 Å². The molecule has 172 valence electrons. The zero-order valence-corrected chi connectivity index (χ0v) is 19.7. The van der Waals surface area contributed by atoms with Crippen LogP contribution < -0.4 is 10.0 Å². The van der Waals surface area contributed by atoms with Gasteiger partial charge in [0.25, 0.3) is 11.8 Å². The van der Waals surface area contributed by atoms with Crippen LogP contribution in [0.2, 0.25) is 5.02 Å². The second kappa shape index (κ2) is 9.25. The van der Waals surface area contributed by atoms with Crippen molar-refractivity contribution in [1.29, 1.82) is 0 Å². The van der Waals surface area contributed by atoms with E-state index in [1.807, 2.05) is 11.6 Å². The Morgan fingerprint density at radius 1 is 1.19 bits per heavy atom. The Balaban J connectivity index is 1.65. The molecule has 2 N–H and O–H groups in total. The van der Waals surface area contributed by atoms with Gasteiger partial charge in [-0.25, -0.2) is 22.6 Å². The van der Waals surface area contributed by atoms with Crippen molar-refractivity contribution in [3.05, 3.63) is 46.1 Å². The number of hydrogen-bond donors (Lipinski definition) is 2. The highest BCUT2D eigenvalue weighted by molar-refractivity contribution is 7.90. The monoisotopic (exact) mass is 481 g/mol. The molecule has 0 saturated carbocycles. The molecule has 1 unspecified atom stereocenters. The lowest BCUT2D eigenvalue weighted by Crippen LogP contribution is -2.43. The predicted octanol–water partition coefficient (Wildman–Crippen LogP) is 1.48. The SMILES string of the molecule is CCCn1cc(Cl)c(C(=O)NS(=O)(=O)C(C)CNC(=O)c2cc(C)c3nc(C)nn3c2)n1. The number of sulfonamides is 1. The van der Waals surface area contributed by atoms with Gasteiger partial charge in [0.2, 0.25) is 10.0 Å². The van der Waals surface area contributed by atoms with Crippen molar-refractivity contribution in [2.24, 2.45) is 0 Å². The molecule has 0 aliphatic carbocycles. The van der Waals surface area contributed by atoms with Crippen LogP contribution in [0, 0.1) is 13.8 Å². The number of rotatable bonds is 8. The molecule has 11 nitrogen and oxygen atoms in total. The summed E-state index contributed by atoms with van der Waals surface area (Å²) in [5.41, 5.74) is 1.52. The van der Waals surface area contributed by atoms with Crippen molar-refractivity contribution >= 4 is 39.1 Å². The van der Waals surface area contributed by atoms with E-state index in [-0.39, 0.29) is 17.3 Å². The molecule has 0 aliphatic heterocycles. The van der Waals surface area contributed by atoms with E-state index in [2.05, 4.69) is 20.5 Å². The quantitative estimate of drug-likeness (QED) is 0.496. The lowest BCUT2D eigenvalue weighted by atomic mass is 10.2. The molecule has 3 aromatic heterocycles. The van der Waals surface area contributed by atoms with E-state index in [0.29, 0.717) is 23.6 Å². The van der Waals surface area contributed by atoms with E-state index < -0.39 is 27.1 Å². The van der Waals surface area contributed by atoms with Crippen LogP contribution in [0.15, 0.2) is 18.5 Å². The molecule has 0 saturated heterocycles. The molecular formula is C19H24ClN7O4S. The fraction of sp³-hybridized carbons (Fsp3) is 0.421. The van der Waals surface area contributed by atoms with E-state index in [4.69, 9.17) is 11.6 Å². The minimum Gasteiger partial charge on any atom is -0.351 e. The summed E-state index contributed by atoms with van der Waals surface area (Å²) >= 11 is 6.00. The molecule has 1 atom stereocenters. The number of aromatic nitrogens is 5. The van der Waals surface area contributed by atoms with Crippen LogP contribution in [0.4, 0.5) is 0 Å². The average Bonchev–Trinajstić information content (AvgIpc) is 3.27. The number of aryl methyl sites for hydroxylation is 3. The molecule has 0 radical (unpaired) electrons. The second-order valence-corrected chi connectivity index (χ2v) is 9.93. The van der Waals surface area contributed by atoms with E-state index in [1.165, 1.54) is 28.5 Å². The molecule has 0 aromatic carbocycles. The molecule has 3 heterocycles. The predicted molar refractivity (Wildman–Crippen MR) is 118 cm³/mol. The number of carbonyl (C=O) groups excluding carboxylic acids is 2. The Hall–Kier alpha value is -2.99. The fourth-order valence-electron chi connectivity index (χ4n) is 3.00. The normalized spacial score (nSPS) is 12.7. The first-order chi connectivity index (χ1) is 15.0. The van der Waals surface area contributed by atoms with Gasteiger partial charge in [0.05, 0.1) is 15.8 Å². The van der Waals surface area contributed by atoms with Crippen LogP contribution in [-0.4, -0.2) is 56.4 Å². The summed E-state index contributed by atoms with van der Waals surface area (Å²) < 4.78 is 30.1. The maximum absolute atomic E-state index is 12.6. The van der Waals surface area contributed by atoms with Crippen LogP contribution in [0.25, 0.3) is 5.65 Å². The molecule has 0 spiro atoms. The Bertz CT molecular complexity index is 1280. The van der Waals surface area contributed by atoms with Crippen LogP contribution in [0.5, 0.6) is 0 Å². The van der Waals surface area contributed by atoms with Gasteiger partial charge < -0.3 is 5.32 Å². The van der Waals surface area contributed by atoms with Crippen LogP contribution in [0.1, 0.15) is 52.5 Å². The smallest absolute Gasteiger partial charge is 0.286 e. The van der Waals surface area contributed by atoms with Crippen molar-refractivity contribution in [2.75, 3.05) is 6.54 Å². The summed E-state index contributed by atoms with van der Waals surface area (Å²) in [6.45, 7) is 7.18. The molecule has 0 bridgehead atoms. The maximum Gasteiger partial charge on any atom is 0.286 e. The number of halogens is 1.